The maximum atomic E-state index is 4.83. The molecule has 0 heterocycles. The molecule has 16 heavy (non-hydrogen) atoms. The molecule has 0 radical (unpaired) electrons. The van der Waals surface area contributed by atoms with Gasteiger partial charge in [-0.2, -0.15) is 0 Å². The van der Waals surface area contributed by atoms with Crippen molar-refractivity contribution < 1.29 is 21.7 Å². The minimum atomic E-state index is 0. The Morgan fingerprint density at radius 2 is 1.19 bits per heavy atom. The summed E-state index contributed by atoms with van der Waals surface area (Å²) >= 11 is 2.10. The zero-order chi connectivity index (χ0) is 11.8. The Morgan fingerprint density at radius 1 is 0.750 bits per heavy atom. The Bertz CT molecular complexity index is 82.0. The first-order valence-corrected chi connectivity index (χ1v) is 7.70. The van der Waals surface area contributed by atoms with Crippen LogP contribution in [0.25, 0.3) is 0 Å². The summed E-state index contributed by atoms with van der Waals surface area (Å²) in [5.41, 5.74) is 0. The van der Waals surface area contributed by atoms with Crippen molar-refractivity contribution in [2.75, 3.05) is 13.2 Å². The molecule has 0 unspecified atom stereocenters. The summed E-state index contributed by atoms with van der Waals surface area (Å²) in [5, 5.41) is 0. The molecule has 0 atom stereocenters. The van der Waals surface area contributed by atoms with Crippen LogP contribution in [0.3, 0.4) is 0 Å². The quantitative estimate of drug-likeness (QED) is 0.462. The maximum Gasteiger partial charge on any atom is 0.0437 e. The van der Waals surface area contributed by atoms with Gasteiger partial charge in [0, 0.05) is 13.2 Å². The molecule has 0 fully saturated rings. The number of ether oxygens (including phenoxy) is 1. The van der Waals surface area contributed by atoms with E-state index in [1.165, 1.54) is 49.5 Å². The third-order valence-electron chi connectivity index (χ3n) is 2.26. The van der Waals surface area contributed by atoms with Gasteiger partial charge in [-0.15, -0.1) is 0 Å². The van der Waals surface area contributed by atoms with Crippen LogP contribution in [0.2, 0.25) is 4.55 Å². The molecule has 0 saturated heterocycles. The fourth-order valence-electron chi connectivity index (χ4n) is 1.34. The van der Waals surface area contributed by atoms with Crippen molar-refractivity contribution in [3.63, 3.8) is 0 Å². The van der Waals surface area contributed by atoms with Crippen LogP contribution in [0, 0.1) is 0 Å². The molecule has 0 aliphatic heterocycles. The van der Waals surface area contributed by atoms with Gasteiger partial charge in [0.25, 0.3) is 0 Å². The average Bonchev–Trinajstić information content (AvgIpc) is 2.25. The zero-order valence-corrected chi connectivity index (χ0v) is 14.6. The number of hydrogen-bond donors (Lipinski definition) is 0. The van der Waals surface area contributed by atoms with E-state index in [1.807, 2.05) is 13.8 Å². The van der Waals surface area contributed by atoms with Crippen LogP contribution < -0.4 is 17.0 Å². The first-order chi connectivity index (χ1) is 7.33. The third kappa shape index (κ3) is 29.5. The van der Waals surface area contributed by atoms with E-state index in [1.54, 1.807) is 0 Å². The Hall–Kier alpha value is 1.21. The van der Waals surface area contributed by atoms with E-state index in [9.17, 15) is 0 Å². The molecule has 0 aliphatic rings. The molecule has 0 aliphatic carbocycles. The van der Waals surface area contributed by atoms with Crippen molar-refractivity contribution in [3.05, 3.63) is 0 Å². The van der Waals surface area contributed by atoms with Crippen molar-refractivity contribution in [1.29, 1.82) is 0 Å². The largest absolute Gasteiger partial charge is 1.00 e. The number of halogens is 1. The molecule has 0 N–H and O–H groups in total. The fraction of sp³-hybridized carbons (Fsp3) is 1.00. The summed E-state index contributed by atoms with van der Waals surface area (Å²) in [7, 11) is 0. The summed E-state index contributed by atoms with van der Waals surface area (Å²) in [5.74, 6) is 0. The second kappa shape index (κ2) is 25.2. The van der Waals surface area contributed by atoms with Gasteiger partial charge >= 0.3 is 78.1 Å². The van der Waals surface area contributed by atoms with Gasteiger partial charge in [-0.1, -0.05) is 0 Å². The van der Waals surface area contributed by atoms with E-state index in [4.69, 9.17) is 4.74 Å². The molecule has 0 aromatic rings. The van der Waals surface area contributed by atoms with Crippen molar-refractivity contribution in [2.24, 2.45) is 0 Å². The van der Waals surface area contributed by atoms with Crippen molar-refractivity contribution >= 4 is 21.7 Å². The Balaban J connectivity index is -0.000000242. The molecule has 0 spiro atoms. The molecule has 0 amide bonds. The summed E-state index contributed by atoms with van der Waals surface area (Å²) in [4.78, 5) is 0. The van der Waals surface area contributed by atoms with E-state index in [-0.39, 0.29) is 17.0 Å². The molecule has 1 nitrogen and oxygen atoms in total. The molecule has 96 valence electrons. The smallest absolute Gasteiger partial charge is 0.0437 e. The second-order valence-corrected chi connectivity index (χ2v) is 4.46. The summed E-state index contributed by atoms with van der Waals surface area (Å²) in [6.07, 6.45) is 10.1. The molecule has 0 saturated carbocycles. The average molecular weight is 306 g/mol. The van der Waals surface area contributed by atoms with Crippen LogP contribution in [0.15, 0.2) is 0 Å². The minimum absolute atomic E-state index is 0. The standard InChI is InChI=1S/C9H19.C4H10O.BrH.Mg/c1-3-5-7-9-8-6-4-2;1-3-5-4-2;;/h1,3-9H2,2H3;3-4H2,1-2H3;1H;/q;;;+1/p-1. The Labute approximate surface area is 126 Å². The van der Waals surface area contributed by atoms with Gasteiger partial charge < -0.3 is 21.7 Å². The molecule has 3 heteroatoms. The molecule has 0 rings (SSSR count). The molecular weight excluding hydrogens is 276 g/mol. The van der Waals surface area contributed by atoms with E-state index in [0.717, 1.165) is 13.2 Å². The first kappa shape index (κ1) is 22.4. The van der Waals surface area contributed by atoms with E-state index >= 15 is 0 Å². The normalized spacial score (nSPS) is 9.06. The van der Waals surface area contributed by atoms with E-state index in [2.05, 4.69) is 28.6 Å². The second-order valence-electron chi connectivity index (χ2n) is 3.76. The van der Waals surface area contributed by atoms with Gasteiger partial charge in [0.05, 0.1) is 0 Å². The zero-order valence-electron chi connectivity index (χ0n) is 11.6. The topological polar surface area (TPSA) is 9.23 Å². The van der Waals surface area contributed by atoms with E-state index < -0.39 is 0 Å². The molecular formula is C13H29BrMgO. The molecule has 0 aromatic carbocycles. The number of unbranched alkanes of at least 4 members (excludes halogenated alkanes) is 6. The van der Waals surface area contributed by atoms with Gasteiger partial charge in [0.1, 0.15) is 0 Å². The summed E-state index contributed by atoms with van der Waals surface area (Å²) < 4.78 is 6.23. The van der Waals surface area contributed by atoms with E-state index in [0.29, 0.717) is 0 Å². The van der Waals surface area contributed by atoms with Crippen molar-refractivity contribution in [2.45, 2.75) is 70.3 Å². The van der Waals surface area contributed by atoms with Gasteiger partial charge in [0.15, 0.2) is 0 Å². The van der Waals surface area contributed by atoms with Crippen LogP contribution in [0.4, 0.5) is 0 Å². The summed E-state index contributed by atoms with van der Waals surface area (Å²) in [6.45, 7) is 7.94. The van der Waals surface area contributed by atoms with Crippen LogP contribution >= 0.6 is 0 Å². The predicted octanol–water partition coefficient (Wildman–Crippen LogP) is 1.37. The van der Waals surface area contributed by atoms with Gasteiger partial charge in [-0.25, -0.2) is 0 Å². The third-order valence-corrected chi connectivity index (χ3v) is 2.76. The Kier molecular flexibility index (Phi) is 35.2. The van der Waals surface area contributed by atoms with Crippen LogP contribution in [0.1, 0.15) is 65.7 Å². The van der Waals surface area contributed by atoms with Crippen LogP contribution in [-0.4, -0.2) is 34.9 Å². The minimum Gasteiger partial charge on any atom is -1.00 e. The predicted molar refractivity (Wildman–Crippen MR) is 70.7 cm³/mol. The SMILES string of the molecule is CCCCCCCC[CH2][Mg+].CCOCC.[Br-]. The Morgan fingerprint density at radius 3 is 1.50 bits per heavy atom. The van der Waals surface area contributed by atoms with Crippen molar-refractivity contribution in [1.82, 2.24) is 0 Å². The molecule has 0 aromatic heterocycles. The molecule has 0 bridgehead atoms. The van der Waals surface area contributed by atoms with Crippen molar-refractivity contribution in [3.8, 4) is 0 Å². The van der Waals surface area contributed by atoms with Gasteiger partial charge in [-0.3, -0.25) is 0 Å². The van der Waals surface area contributed by atoms with Crippen LogP contribution in [-0.2, 0) is 4.74 Å². The number of hydrogen-bond acceptors (Lipinski definition) is 1. The fourth-order valence-corrected chi connectivity index (χ4v) is 1.69. The maximum absolute atomic E-state index is 4.83. The van der Waals surface area contributed by atoms with Gasteiger partial charge in [-0.05, 0) is 13.8 Å². The van der Waals surface area contributed by atoms with Gasteiger partial charge in [0.2, 0.25) is 0 Å². The summed E-state index contributed by atoms with van der Waals surface area (Å²) in [6, 6.07) is 0. The number of rotatable bonds is 9. The monoisotopic (exact) mass is 304 g/mol. The first-order valence-electron chi connectivity index (χ1n) is 6.70. The van der Waals surface area contributed by atoms with Crippen LogP contribution in [0.5, 0.6) is 0 Å².